The van der Waals surface area contributed by atoms with Crippen LogP contribution in [0.1, 0.15) is 28.0 Å². The molecule has 1 saturated heterocycles. The zero-order valence-corrected chi connectivity index (χ0v) is 18.8. The molecule has 0 spiro atoms. The number of carbonyl (C=O) groups excluding carboxylic acids is 1. The number of fused-ring (bicyclic) bond motifs is 3. The Bertz CT molecular complexity index is 1500. The number of H-pyrrole nitrogens is 1. The number of nitrogens with one attached hydrogen (secondary N) is 1. The summed E-state index contributed by atoms with van der Waals surface area (Å²) in [7, 11) is -3.69. The Morgan fingerprint density at radius 1 is 0.970 bits per heavy atom. The third-order valence-corrected chi connectivity index (χ3v) is 8.63. The molecule has 1 fully saturated rings. The molecule has 0 saturated carbocycles. The number of hydrogen-bond donors (Lipinski definition) is 1. The molecule has 1 N–H and O–H groups in total. The van der Waals surface area contributed by atoms with Crippen LogP contribution in [0, 0.1) is 0 Å². The molecule has 8 nitrogen and oxygen atoms in total. The zero-order chi connectivity index (χ0) is 22.6. The molecule has 0 radical (unpaired) electrons. The summed E-state index contributed by atoms with van der Waals surface area (Å²) in [6.07, 6.45) is 5.88. The van der Waals surface area contributed by atoms with Gasteiger partial charge >= 0.3 is 0 Å². The minimum atomic E-state index is -3.69. The van der Waals surface area contributed by atoms with Gasteiger partial charge < -0.3 is 9.88 Å². The summed E-state index contributed by atoms with van der Waals surface area (Å²) in [6, 6.07) is 11.3. The van der Waals surface area contributed by atoms with Crippen molar-refractivity contribution >= 4 is 37.9 Å². The molecule has 9 heteroatoms. The second-order valence-corrected chi connectivity index (χ2v) is 10.4. The summed E-state index contributed by atoms with van der Waals surface area (Å²) in [5, 5.41) is 1.46. The van der Waals surface area contributed by atoms with E-state index in [4.69, 9.17) is 4.98 Å². The van der Waals surface area contributed by atoms with Crippen molar-refractivity contribution in [2.45, 2.75) is 24.2 Å². The Kier molecular flexibility index (Phi) is 4.70. The first-order valence-electron chi connectivity index (χ1n) is 11.2. The van der Waals surface area contributed by atoms with Crippen LogP contribution in [0.2, 0.25) is 0 Å². The Balaban J connectivity index is 1.27. The highest BCUT2D eigenvalue weighted by molar-refractivity contribution is 7.89. The van der Waals surface area contributed by atoms with E-state index in [1.54, 1.807) is 23.2 Å². The minimum Gasteiger partial charge on any atom is -0.345 e. The maximum absolute atomic E-state index is 13.7. The molecule has 4 aromatic rings. The second kappa shape index (κ2) is 7.64. The van der Waals surface area contributed by atoms with Gasteiger partial charge in [-0.25, -0.2) is 13.4 Å². The van der Waals surface area contributed by atoms with Gasteiger partial charge in [0.25, 0.3) is 5.91 Å². The first kappa shape index (κ1) is 20.3. The lowest BCUT2D eigenvalue weighted by atomic mass is 10.00. The number of pyridine rings is 2. The maximum atomic E-state index is 13.7. The Morgan fingerprint density at radius 2 is 1.76 bits per heavy atom. The summed E-state index contributed by atoms with van der Waals surface area (Å²) in [5.41, 5.74) is 4.21. The number of benzene rings is 1. The molecule has 1 amide bonds. The van der Waals surface area contributed by atoms with Crippen LogP contribution < -0.4 is 0 Å². The number of aryl methyl sites for hydroxylation is 1. The molecule has 33 heavy (non-hydrogen) atoms. The molecule has 2 aliphatic rings. The lowest BCUT2D eigenvalue weighted by molar-refractivity contribution is 0.0699. The third-order valence-electron chi connectivity index (χ3n) is 6.69. The number of carbonyl (C=O) groups is 1. The fourth-order valence-electron chi connectivity index (χ4n) is 5.03. The predicted octanol–water partition coefficient (Wildman–Crippen LogP) is 2.75. The van der Waals surface area contributed by atoms with Crippen molar-refractivity contribution in [3.05, 3.63) is 65.6 Å². The number of rotatable bonds is 3. The van der Waals surface area contributed by atoms with Crippen LogP contribution in [0.4, 0.5) is 0 Å². The van der Waals surface area contributed by atoms with E-state index in [9.17, 15) is 13.2 Å². The Hall–Kier alpha value is -3.30. The zero-order valence-electron chi connectivity index (χ0n) is 18.0. The van der Waals surface area contributed by atoms with Crippen molar-refractivity contribution < 1.29 is 13.2 Å². The van der Waals surface area contributed by atoms with E-state index in [2.05, 4.69) is 9.97 Å². The van der Waals surface area contributed by atoms with Gasteiger partial charge in [0.05, 0.1) is 11.1 Å². The van der Waals surface area contributed by atoms with Crippen molar-refractivity contribution in [3.63, 3.8) is 0 Å². The largest absolute Gasteiger partial charge is 0.345 e. The molecular formula is C24H23N5O3S. The van der Waals surface area contributed by atoms with Crippen molar-refractivity contribution in [2.75, 3.05) is 26.2 Å². The normalized spacial score (nSPS) is 17.0. The molecule has 168 valence electrons. The number of hydrogen-bond acceptors (Lipinski definition) is 5. The van der Waals surface area contributed by atoms with Crippen LogP contribution in [0.5, 0.6) is 0 Å². The van der Waals surface area contributed by atoms with E-state index in [0.717, 1.165) is 47.0 Å². The molecule has 1 aliphatic heterocycles. The first-order chi connectivity index (χ1) is 16.0. The van der Waals surface area contributed by atoms with Gasteiger partial charge in [-0.2, -0.15) is 4.31 Å². The Morgan fingerprint density at radius 3 is 2.61 bits per heavy atom. The van der Waals surface area contributed by atoms with Gasteiger partial charge in [-0.1, -0.05) is 18.2 Å². The van der Waals surface area contributed by atoms with Crippen LogP contribution in [0.25, 0.3) is 21.9 Å². The fourth-order valence-corrected chi connectivity index (χ4v) is 6.60. The highest BCUT2D eigenvalue weighted by Gasteiger charge is 2.34. The summed E-state index contributed by atoms with van der Waals surface area (Å²) in [5.74, 6) is -0.0277. The van der Waals surface area contributed by atoms with Crippen LogP contribution in [-0.4, -0.2) is 64.7 Å². The summed E-state index contributed by atoms with van der Waals surface area (Å²) >= 11 is 0. The maximum Gasteiger partial charge on any atom is 0.254 e. The van der Waals surface area contributed by atoms with Crippen molar-refractivity contribution in [2.24, 2.45) is 0 Å². The second-order valence-electron chi connectivity index (χ2n) is 8.53. The summed E-state index contributed by atoms with van der Waals surface area (Å²) in [4.78, 5) is 27.6. The molecule has 1 aromatic carbocycles. The minimum absolute atomic E-state index is 0.0277. The molecule has 0 atom stereocenters. The number of amides is 1. The van der Waals surface area contributed by atoms with E-state index in [1.807, 2.05) is 24.3 Å². The smallest absolute Gasteiger partial charge is 0.254 e. The predicted molar refractivity (Wildman–Crippen MR) is 125 cm³/mol. The number of para-hydroxylation sites is 1. The molecular weight excluding hydrogens is 438 g/mol. The number of aromatic nitrogens is 3. The lowest BCUT2D eigenvalue weighted by Gasteiger charge is -2.34. The van der Waals surface area contributed by atoms with Gasteiger partial charge in [0, 0.05) is 55.0 Å². The van der Waals surface area contributed by atoms with Gasteiger partial charge in [0.15, 0.2) is 0 Å². The van der Waals surface area contributed by atoms with E-state index in [-0.39, 0.29) is 23.9 Å². The molecule has 0 bridgehead atoms. The average molecular weight is 462 g/mol. The van der Waals surface area contributed by atoms with Crippen molar-refractivity contribution in [1.82, 2.24) is 24.2 Å². The van der Waals surface area contributed by atoms with Gasteiger partial charge in [-0.3, -0.25) is 9.78 Å². The highest BCUT2D eigenvalue weighted by atomic mass is 32.2. The summed E-state index contributed by atoms with van der Waals surface area (Å²) in [6.45, 7) is 1.21. The van der Waals surface area contributed by atoms with Gasteiger partial charge in [-0.05, 0) is 43.0 Å². The Labute approximate surface area is 191 Å². The van der Waals surface area contributed by atoms with Crippen LogP contribution in [0.3, 0.4) is 0 Å². The molecule has 0 unspecified atom stereocenters. The van der Waals surface area contributed by atoms with E-state index in [1.165, 1.54) is 10.5 Å². The quantitative estimate of drug-likeness (QED) is 0.506. The molecule has 1 aliphatic carbocycles. The van der Waals surface area contributed by atoms with Gasteiger partial charge in [-0.15, -0.1) is 0 Å². The fraction of sp³-hybridized carbons (Fsp3) is 0.292. The van der Waals surface area contributed by atoms with Gasteiger partial charge in [0.2, 0.25) is 10.0 Å². The molecule has 3 aromatic heterocycles. The van der Waals surface area contributed by atoms with E-state index < -0.39 is 10.0 Å². The summed E-state index contributed by atoms with van der Waals surface area (Å²) < 4.78 is 28.1. The molecule has 4 heterocycles. The topological polar surface area (TPSA) is 99.3 Å². The average Bonchev–Trinajstić information content (AvgIpc) is 3.49. The van der Waals surface area contributed by atoms with Crippen molar-refractivity contribution in [1.29, 1.82) is 0 Å². The number of aromatic amines is 1. The highest BCUT2D eigenvalue weighted by Crippen LogP contribution is 2.31. The van der Waals surface area contributed by atoms with Crippen LogP contribution >= 0.6 is 0 Å². The van der Waals surface area contributed by atoms with Crippen LogP contribution in [0.15, 0.2) is 53.7 Å². The lowest BCUT2D eigenvalue weighted by Crippen LogP contribution is -2.50. The standard InChI is InChI=1S/C24H23N5O3S/c30-24(22-16-5-1-2-8-19(16)27-20-9-3-6-17(20)22)28-11-13-29(14-12-28)33(31,32)21-15-26-23-18(21)7-4-10-25-23/h1-2,4-5,7-8,10,15H,3,6,9,11-14H2,(H,25,26). The van der Waals surface area contributed by atoms with Crippen LogP contribution in [-0.2, 0) is 22.9 Å². The van der Waals surface area contributed by atoms with Crippen molar-refractivity contribution in [3.8, 4) is 0 Å². The number of piperazine rings is 1. The number of nitrogens with zero attached hydrogens (tertiary/aromatic N) is 4. The number of sulfonamides is 1. The SMILES string of the molecule is O=C(c1c2c(nc3ccccc13)CCC2)N1CCN(S(=O)(=O)c2c[nH]c3ncccc23)CC1. The first-order valence-corrected chi connectivity index (χ1v) is 12.6. The van der Waals surface area contributed by atoms with E-state index >= 15 is 0 Å². The monoisotopic (exact) mass is 461 g/mol. The van der Waals surface area contributed by atoms with E-state index in [0.29, 0.717) is 24.1 Å². The third kappa shape index (κ3) is 3.22. The molecule has 6 rings (SSSR count). The van der Waals surface area contributed by atoms with Gasteiger partial charge in [0.1, 0.15) is 10.5 Å².